The summed E-state index contributed by atoms with van der Waals surface area (Å²) in [6.45, 7) is 6.53. The number of piperazine rings is 1. The number of hydrogen-bond donors (Lipinski definition) is 0. The van der Waals surface area contributed by atoms with E-state index in [0.29, 0.717) is 30.4 Å². The predicted octanol–water partition coefficient (Wildman–Crippen LogP) is 4.93. The summed E-state index contributed by atoms with van der Waals surface area (Å²) in [5, 5.41) is 0.681. The van der Waals surface area contributed by atoms with Crippen molar-refractivity contribution in [3.8, 4) is 11.5 Å². The van der Waals surface area contributed by atoms with Crippen molar-refractivity contribution in [3.05, 3.63) is 82.2 Å². The fraction of sp³-hybridized carbons (Fsp3) is 0.296. The third-order valence-electron chi connectivity index (χ3n) is 6.66. The molecule has 0 N–H and O–H groups in total. The van der Waals surface area contributed by atoms with Gasteiger partial charge in [0.05, 0.1) is 5.52 Å². The van der Waals surface area contributed by atoms with E-state index in [1.807, 2.05) is 64.9 Å². The number of benzene rings is 2. The largest absolute Gasteiger partial charge is 0.460 e. The van der Waals surface area contributed by atoms with Gasteiger partial charge in [0, 0.05) is 56.4 Å². The Morgan fingerprint density at radius 2 is 1.71 bits per heavy atom. The van der Waals surface area contributed by atoms with Gasteiger partial charge in [0.25, 0.3) is 5.91 Å². The van der Waals surface area contributed by atoms with E-state index in [1.165, 1.54) is 5.56 Å². The predicted molar refractivity (Wildman–Crippen MR) is 133 cm³/mol. The number of fused-ring (bicyclic) bond motifs is 2. The Bertz CT molecular complexity index is 1400. The van der Waals surface area contributed by atoms with E-state index in [-0.39, 0.29) is 12.7 Å². The number of nitrogens with zero attached hydrogens (tertiary/aromatic N) is 3. The number of rotatable bonds is 5. The molecule has 1 amide bonds. The molecule has 0 atom stereocenters. The first-order valence-electron chi connectivity index (χ1n) is 11.8. The Kier molecular flexibility index (Phi) is 5.66. The Morgan fingerprint density at radius 1 is 0.914 bits per heavy atom. The lowest BCUT2D eigenvalue weighted by atomic mass is 10.1. The number of carbonyl (C=O) groups is 1. The SMILES string of the molecule is Cc1cc2c(cc(C(=O)N3CCN(Cc4ccc5c(c4)OCO5)CC3)n2Cc2cccc(Cl)c2)o1. The molecule has 2 aromatic heterocycles. The van der Waals surface area contributed by atoms with E-state index in [0.717, 1.165) is 53.6 Å². The first-order chi connectivity index (χ1) is 17.0. The highest BCUT2D eigenvalue weighted by Gasteiger charge is 2.27. The minimum atomic E-state index is 0.0267. The average Bonchev–Trinajstić information content (AvgIpc) is 3.54. The first-order valence-corrected chi connectivity index (χ1v) is 12.2. The van der Waals surface area contributed by atoms with Gasteiger partial charge in [-0.15, -0.1) is 0 Å². The minimum absolute atomic E-state index is 0.0267. The third kappa shape index (κ3) is 4.37. The molecule has 1 saturated heterocycles. The number of furan rings is 1. The van der Waals surface area contributed by atoms with Gasteiger partial charge in [-0.25, -0.2) is 0 Å². The van der Waals surface area contributed by atoms with Crippen molar-refractivity contribution in [1.29, 1.82) is 0 Å². The Morgan fingerprint density at radius 3 is 2.54 bits per heavy atom. The van der Waals surface area contributed by atoms with Crippen molar-refractivity contribution in [2.75, 3.05) is 33.0 Å². The summed E-state index contributed by atoms with van der Waals surface area (Å²) in [6.07, 6.45) is 0. The lowest BCUT2D eigenvalue weighted by Gasteiger charge is -2.35. The van der Waals surface area contributed by atoms with Crippen molar-refractivity contribution in [2.45, 2.75) is 20.0 Å². The quantitative estimate of drug-likeness (QED) is 0.396. The smallest absolute Gasteiger partial charge is 0.270 e. The molecule has 1 fully saturated rings. The summed E-state index contributed by atoms with van der Waals surface area (Å²) in [7, 11) is 0. The lowest BCUT2D eigenvalue weighted by Crippen LogP contribution is -2.48. The molecule has 2 aliphatic rings. The van der Waals surface area contributed by atoms with Crippen LogP contribution in [0.4, 0.5) is 0 Å². The molecule has 2 aromatic carbocycles. The summed E-state index contributed by atoms with van der Waals surface area (Å²) in [6, 6.07) is 17.7. The summed E-state index contributed by atoms with van der Waals surface area (Å²) >= 11 is 6.21. The van der Waals surface area contributed by atoms with Crippen LogP contribution >= 0.6 is 11.6 Å². The number of halogens is 1. The fourth-order valence-corrected chi connectivity index (χ4v) is 5.11. The van der Waals surface area contributed by atoms with Crippen LogP contribution in [0.5, 0.6) is 11.5 Å². The van der Waals surface area contributed by atoms with E-state index in [9.17, 15) is 4.79 Å². The monoisotopic (exact) mass is 491 g/mol. The molecule has 0 bridgehead atoms. The van der Waals surface area contributed by atoms with E-state index in [2.05, 4.69) is 11.0 Å². The zero-order valence-electron chi connectivity index (χ0n) is 19.5. The second kappa shape index (κ2) is 8.98. The van der Waals surface area contributed by atoms with Crippen molar-refractivity contribution in [2.24, 2.45) is 0 Å². The standard InChI is InChI=1S/C27H26ClN3O4/c1-18-11-22-25(35-18)14-23(31(22)16-19-3-2-4-21(28)12-19)27(32)30-9-7-29(8-10-30)15-20-5-6-24-26(13-20)34-17-33-24/h2-6,11-14H,7-10,15-17H2,1H3. The lowest BCUT2D eigenvalue weighted by molar-refractivity contribution is 0.0619. The summed E-state index contributed by atoms with van der Waals surface area (Å²) in [4.78, 5) is 17.9. The van der Waals surface area contributed by atoms with Gasteiger partial charge in [-0.3, -0.25) is 9.69 Å². The van der Waals surface area contributed by atoms with Crippen LogP contribution in [-0.4, -0.2) is 53.2 Å². The van der Waals surface area contributed by atoms with Crippen LogP contribution in [0.15, 0.2) is 59.0 Å². The highest BCUT2D eigenvalue weighted by Crippen LogP contribution is 2.33. The number of aryl methyl sites for hydroxylation is 1. The molecule has 8 heteroatoms. The van der Waals surface area contributed by atoms with Crippen molar-refractivity contribution in [3.63, 3.8) is 0 Å². The highest BCUT2D eigenvalue weighted by molar-refractivity contribution is 6.30. The molecule has 0 aliphatic carbocycles. The Labute approximate surface area is 208 Å². The molecular formula is C27H26ClN3O4. The molecule has 35 heavy (non-hydrogen) atoms. The third-order valence-corrected chi connectivity index (χ3v) is 6.90. The molecule has 0 saturated carbocycles. The topological polar surface area (TPSA) is 60.1 Å². The van der Waals surface area contributed by atoms with Crippen molar-refractivity contribution >= 4 is 28.6 Å². The number of hydrogen-bond acceptors (Lipinski definition) is 5. The van der Waals surface area contributed by atoms with Gasteiger partial charge < -0.3 is 23.4 Å². The van der Waals surface area contributed by atoms with Gasteiger partial charge in [0.15, 0.2) is 17.1 Å². The maximum Gasteiger partial charge on any atom is 0.270 e. The summed E-state index contributed by atoms with van der Waals surface area (Å²) in [5.74, 6) is 2.45. The average molecular weight is 492 g/mol. The van der Waals surface area contributed by atoms with Crippen LogP contribution in [0.25, 0.3) is 11.1 Å². The van der Waals surface area contributed by atoms with Crippen LogP contribution in [0, 0.1) is 6.92 Å². The van der Waals surface area contributed by atoms with E-state index >= 15 is 0 Å². The molecule has 4 aromatic rings. The van der Waals surface area contributed by atoms with E-state index < -0.39 is 0 Å². The van der Waals surface area contributed by atoms with Crippen LogP contribution in [-0.2, 0) is 13.1 Å². The fourth-order valence-electron chi connectivity index (χ4n) is 4.90. The number of ether oxygens (including phenoxy) is 2. The van der Waals surface area contributed by atoms with Crippen molar-refractivity contribution in [1.82, 2.24) is 14.4 Å². The molecule has 0 unspecified atom stereocenters. The zero-order chi connectivity index (χ0) is 23.9. The number of amides is 1. The van der Waals surface area contributed by atoms with Gasteiger partial charge in [-0.2, -0.15) is 0 Å². The van der Waals surface area contributed by atoms with Crippen LogP contribution in [0.3, 0.4) is 0 Å². The Balaban J connectivity index is 1.17. The van der Waals surface area contributed by atoms with Crippen LogP contribution < -0.4 is 9.47 Å². The van der Waals surface area contributed by atoms with Gasteiger partial charge in [0.1, 0.15) is 11.5 Å². The summed E-state index contributed by atoms with van der Waals surface area (Å²) in [5.41, 5.74) is 4.51. The Hall–Kier alpha value is -3.42. The molecule has 0 spiro atoms. The first kappa shape index (κ1) is 22.1. The maximum atomic E-state index is 13.6. The van der Waals surface area contributed by atoms with Gasteiger partial charge in [-0.1, -0.05) is 29.8 Å². The van der Waals surface area contributed by atoms with Gasteiger partial charge in [0.2, 0.25) is 6.79 Å². The molecule has 180 valence electrons. The van der Waals surface area contributed by atoms with Gasteiger partial charge in [-0.05, 0) is 42.3 Å². The van der Waals surface area contributed by atoms with E-state index in [4.69, 9.17) is 25.5 Å². The second-order valence-electron chi connectivity index (χ2n) is 9.11. The van der Waals surface area contributed by atoms with Crippen LogP contribution in [0.1, 0.15) is 27.4 Å². The molecule has 0 radical (unpaired) electrons. The van der Waals surface area contributed by atoms with E-state index in [1.54, 1.807) is 0 Å². The maximum absolute atomic E-state index is 13.6. The number of aromatic nitrogens is 1. The highest BCUT2D eigenvalue weighted by atomic mass is 35.5. The molecular weight excluding hydrogens is 466 g/mol. The summed E-state index contributed by atoms with van der Waals surface area (Å²) < 4.78 is 18.8. The number of carbonyl (C=O) groups excluding carboxylic acids is 1. The van der Waals surface area contributed by atoms with Crippen LogP contribution in [0.2, 0.25) is 5.02 Å². The molecule has 7 nitrogen and oxygen atoms in total. The zero-order valence-corrected chi connectivity index (χ0v) is 20.3. The van der Waals surface area contributed by atoms with Crippen molar-refractivity contribution < 1.29 is 18.7 Å². The van der Waals surface area contributed by atoms with Gasteiger partial charge >= 0.3 is 0 Å². The molecule has 2 aliphatic heterocycles. The molecule has 6 rings (SSSR count). The minimum Gasteiger partial charge on any atom is -0.460 e. The normalized spacial score (nSPS) is 15.8. The molecule has 4 heterocycles. The second-order valence-corrected chi connectivity index (χ2v) is 9.54.